The van der Waals surface area contributed by atoms with Crippen molar-refractivity contribution in [2.45, 2.75) is 46.0 Å². The summed E-state index contributed by atoms with van der Waals surface area (Å²) in [5.74, 6) is 2.28. The van der Waals surface area contributed by atoms with Gasteiger partial charge in [0.2, 0.25) is 5.91 Å². The van der Waals surface area contributed by atoms with E-state index in [2.05, 4.69) is 20.4 Å². The van der Waals surface area contributed by atoms with E-state index in [1.807, 2.05) is 25.8 Å². The maximum atomic E-state index is 12.7. The van der Waals surface area contributed by atoms with E-state index in [9.17, 15) is 4.79 Å². The van der Waals surface area contributed by atoms with Crippen LogP contribution in [0.2, 0.25) is 0 Å². The van der Waals surface area contributed by atoms with Gasteiger partial charge in [0.1, 0.15) is 11.6 Å². The van der Waals surface area contributed by atoms with Crippen molar-refractivity contribution in [2.75, 3.05) is 25.5 Å². The van der Waals surface area contributed by atoms with E-state index in [1.54, 1.807) is 12.4 Å². The summed E-state index contributed by atoms with van der Waals surface area (Å²) in [6, 6.07) is 0. The molecule has 0 aromatic carbocycles. The van der Waals surface area contributed by atoms with Crippen LogP contribution in [0.5, 0.6) is 0 Å². The van der Waals surface area contributed by atoms with Crippen molar-refractivity contribution in [3.8, 4) is 0 Å². The van der Waals surface area contributed by atoms with Gasteiger partial charge in [0.05, 0.1) is 11.4 Å². The van der Waals surface area contributed by atoms with Crippen LogP contribution in [0.15, 0.2) is 16.9 Å². The second-order valence-corrected chi connectivity index (χ2v) is 6.96. The Balaban J connectivity index is 1.56. The highest BCUT2D eigenvalue weighted by Gasteiger charge is 2.25. The minimum absolute atomic E-state index is 0.211. The number of nitrogens with zero attached hydrogens (tertiary/aromatic N) is 4. The number of aryl methyl sites for hydroxylation is 2. The highest BCUT2D eigenvalue weighted by atomic mass is 16.5. The number of hydrogen-bond acceptors (Lipinski definition) is 6. The molecule has 1 aliphatic rings. The lowest BCUT2D eigenvalue weighted by molar-refractivity contribution is -0.133. The zero-order valence-electron chi connectivity index (χ0n) is 15.8. The van der Waals surface area contributed by atoms with Gasteiger partial charge in [-0.1, -0.05) is 5.16 Å². The SMILES string of the molecule is CNc1nccnc1CC1CCCN(C(=O)CCc2c(C)noc2C)C1. The Morgan fingerprint density at radius 1 is 1.35 bits per heavy atom. The average Bonchev–Trinajstić information content (AvgIpc) is 2.98. The fourth-order valence-corrected chi connectivity index (χ4v) is 3.71. The molecule has 0 saturated carbocycles. The predicted octanol–water partition coefficient (Wildman–Crippen LogP) is 2.54. The van der Waals surface area contributed by atoms with Gasteiger partial charge in [0, 0.05) is 44.5 Å². The second-order valence-electron chi connectivity index (χ2n) is 6.96. The number of anilines is 1. The number of amides is 1. The molecule has 140 valence electrons. The summed E-state index contributed by atoms with van der Waals surface area (Å²) >= 11 is 0. The fraction of sp³-hybridized carbons (Fsp3) is 0.579. The van der Waals surface area contributed by atoms with Crippen molar-refractivity contribution < 1.29 is 9.32 Å². The van der Waals surface area contributed by atoms with Gasteiger partial charge >= 0.3 is 0 Å². The lowest BCUT2D eigenvalue weighted by atomic mass is 9.92. The molecule has 1 saturated heterocycles. The number of piperidine rings is 1. The molecule has 0 spiro atoms. The van der Waals surface area contributed by atoms with Crippen LogP contribution < -0.4 is 5.32 Å². The van der Waals surface area contributed by atoms with Gasteiger partial charge < -0.3 is 14.7 Å². The second kappa shape index (κ2) is 8.29. The van der Waals surface area contributed by atoms with Gasteiger partial charge in [-0.15, -0.1) is 0 Å². The zero-order chi connectivity index (χ0) is 18.5. The lowest BCUT2D eigenvalue weighted by Crippen LogP contribution is -2.40. The van der Waals surface area contributed by atoms with Gasteiger partial charge in [-0.3, -0.25) is 9.78 Å². The predicted molar refractivity (Wildman–Crippen MR) is 98.9 cm³/mol. The molecule has 2 aromatic heterocycles. The minimum atomic E-state index is 0.211. The maximum absolute atomic E-state index is 12.7. The summed E-state index contributed by atoms with van der Waals surface area (Å²) in [6.07, 6.45) is 7.62. The molecule has 1 unspecified atom stereocenters. The van der Waals surface area contributed by atoms with Crippen molar-refractivity contribution in [3.05, 3.63) is 35.1 Å². The first-order valence-electron chi connectivity index (χ1n) is 9.25. The van der Waals surface area contributed by atoms with Gasteiger partial charge in [-0.05, 0) is 45.4 Å². The molecular formula is C19H27N5O2. The first-order valence-corrected chi connectivity index (χ1v) is 9.25. The van der Waals surface area contributed by atoms with Crippen LogP contribution in [-0.2, 0) is 17.6 Å². The number of carbonyl (C=O) groups is 1. The topological polar surface area (TPSA) is 84.2 Å². The summed E-state index contributed by atoms with van der Waals surface area (Å²) in [6.45, 7) is 5.46. The Kier molecular flexibility index (Phi) is 5.85. The minimum Gasteiger partial charge on any atom is -0.372 e. The standard InChI is InChI=1S/C19H27N5O2/c1-13-16(14(2)26-23-13)6-7-18(25)24-10-4-5-15(12-24)11-17-19(20-3)22-9-8-21-17/h8-9,15H,4-7,10-12H2,1-3H3,(H,20,22). The first-order chi connectivity index (χ1) is 12.6. The van der Waals surface area contributed by atoms with Crippen LogP contribution in [-0.4, -0.2) is 46.1 Å². The van der Waals surface area contributed by atoms with E-state index in [0.717, 1.165) is 60.9 Å². The van der Waals surface area contributed by atoms with E-state index in [-0.39, 0.29) is 5.91 Å². The molecule has 1 aliphatic heterocycles. The normalized spacial score (nSPS) is 17.3. The smallest absolute Gasteiger partial charge is 0.222 e. The van der Waals surface area contributed by atoms with Crippen molar-refractivity contribution in [1.82, 2.24) is 20.0 Å². The molecule has 1 N–H and O–H groups in total. The van der Waals surface area contributed by atoms with Gasteiger partial charge in [0.25, 0.3) is 0 Å². The third-order valence-corrected chi connectivity index (χ3v) is 5.13. The van der Waals surface area contributed by atoms with Crippen molar-refractivity contribution in [3.63, 3.8) is 0 Å². The van der Waals surface area contributed by atoms with Crippen LogP contribution >= 0.6 is 0 Å². The zero-order valence-corrected chi connectivity index (χ0v) is 15.8. The fourth-order valence-electron chi connectivity index (χ4n) is 3.71. The van der Waals surface area contributed by atoms with E-state index < -0.39 is 0 Å². The Hall–Kier alpha value is -2.44. The summed E-state index contributed by atoms with van der Waals surface area (Å²) in [7, 11) is 1.86. The van der Waals surface area contributed by atoms with Crippen molar-refractivity contribution in [2.24, 2.45) is 5.92 Å². The quantitative estimate of drug-likeness (QED) is 0.855. The molecule has 0 radical (unpaired) electrons. The molecule has 2 aromatic rings. The Labute approximate surface area is 154 Å². The van der Waals surface area contributed by atoms with Gasteiger partial charge in [-0.2, -0.15) is 0 Å². The summed E-state index contributed by atoms with van der Waals surface area (Å²) < 4.78 is 5.18. The third kappa shape index (κ3) is 4.20. The van der Waals surface area contributed by atoms with Crippen molar-refractivity contribution >= 4 is 11.7 Å². The van der Waals surface area contributed by atoms with E-state index in [4.69, 9.17) is 4.52 Å². The Morgan fingerprint density at radius 3 is 2.88 bits per heavy atom. The number of hydrogen-bond donors (Lipinski definition) is 1. The molecule has 1 atom stereocenters. The van der Waals surface area contributed by atoms with E-state index in [1.165, 1.54) is 0 Å². The first kappa shape index (κ1) is 18.4. The number of likely N-dealkylation sites (tertiary alicyclic amines) is 1. The number of carbonyl (C=O) groups excluding carboxylic acids is 1. The number of aromatic nitrogens is 3. The van der Waals surface area contributed by atoms with Crippen LogP contribution in [0, 0.1) is 19.8 Å². The number of rotatable bonds is 6. The number of nitrogens with one attached hydrogen (secondary N) is 1. The van der Waals surface area contributed by atoms with Crippen molar-refractivity contribution in [1.29, 1.82) is 0 Å². The van der Waals surface area contributed by atoms with Crippen LogP contribution in [0.25, 0.3) is 0 Å². The van der Waals surface area contributed by atoms with Crippen LogP contribution in [0.4, 0.5) is 5.82 Å². The molecule has 1 fully saturated rings. The van der Waals surface area contributed by atoms with Crippen LogP contribution in [0.1, 0.15) is 42.0 Å². The molecule has 7 nitrogen and oxygen atoms in total. The average molecular weight is 357 g/mol. The highest BCUT2D eigenvalue weighted by molar-refractivity contribution is 5.76. The summed E-state index contributed by atoms with van der Waals surface area (Å²) in [4.78, 5) is 23.5. The van der Waals surface area contributed by atoms with Crippen LogP contribution in [0.3, 0.4) is 0 Å². The lowest BCUT2D eigenvalue weighted by Gasteiger charge is -2.33. The largest absolute Gasteiger partial charge is 0.372 e. The molecular weight excluding hydrogens is 330 g/mol. The van der Waals surface area contributed by atoms with Gasteiger partial charge in [0.15, 0.2) is 0 Å². The highest BCUT2D eigenvalue weighted by Crippen LogP contribution is 2.23. The molecule has 7 heteroatoms. The third-order valence-electron chi connectivity index (χ3n) is 5.13. The van der Waals surface area contributed by atoms with E-state index in [0.29, 0.717) is 18.8 Å². The Morgan fingerprint density at radius 2 is 2.15 bits per heavy atom. The Bertz CT molecular complexity index is 739. The monoisotopic (exact) mass is 357 g/mol. The molecule has 3 rings (SSSR count). The molecule has 0 aliphatic carbocycles. The van der Waals surface area contributed by atoms with Gasteiger partial charge in [-0.25, -0.2) is 4.98 Å². The molecule has 0 bridgehead atoms. The molecule has 26 heavy (non-hydrogen) atoms. The summed E-state index contributed by atoms with van der Waals surface area (Å²) in [5, 5.41) is 7.06. The van der Waals surface area contributed by atoms with E-state index >= 15 is 0 Å². The molecule has 3 heterocycles. The maximum Gasteiger partial charge on any atom is 0.222 e. The molecule has 1 amide bonds. The summed E-state index contributed by atoms with van der Waals surface area (Å²) in [5.41, 5.74) is 2.92.